The number of nitrogens with zero attached hydrogens (tertiary/aromatic N) is 4. The number of anilines is 2. The lowest BCUT2D eigenvalue weighted by Gasteiger charge is -2.30. The van der Waals surface area contributed by atoms with Crippen LogP contribution in [0.1, 0.15) is 12.8 Å². The highest BCUT2D eigenvalue weighted by Crippen LogP contribution is 2.35. The minimum absolute atomic E-state index is 0.685. The lowest BCUT2D eigenvalue weighted by molar-refractivity contribution is 0.123. The van der Waals surface area contributed by atoms with Gasteiger partial charge in [-0.1, -0.05) is 6.07 Å². The van der Waals surface area contributed by atoms with Crippen LogP contribution in [0.4, 0.5) is 11.6 Å². The summed E-state index contributed by atoms with van der Waals surface area (Å²) in [5.41, 5.74) is 3.21. The quantitative estimate of drug-likeness (QED) is 0.610. The molecule has 0 spiro atoms. The molecule has 3 heterocycles. The molecule has 2 saturated heterocycles. The first-order valence-corrected chi connectivity index (χ1v) is 11.5. The molecular weight excluding hydrogens is 402 g/mol. The van der Waals surface area contributed by atoms with Gasteiger partial charge < -0.3 is 24.6 Å². The van der Waals surface area contributed by atoms with Gasteiger partial charge in [0.15, 0.2) is 0 Å². The molecule has 0 radical (unpaired) electrons. The zero-order valence-electron chi connectivity index (χ0n) is 18.7. The second-order valence-electron chi connectivity index (χ2n) is 8.42. The Balaban J connectivity index is 1.44. The summed E-state index contributed by atoms with van der Waals surface area (Å²) in [4.78, 5) is 14.2. The van der Waals surface area contributed by atoms with Gasteiger partial charge in [0.2, 0.25) is 5.95 Å². The monoisotopic (exact) mass is 433 g/mol. The van der Waals surface area contributed by atoms with E-state index in [0.29, 0.717) is 5.95 Å². The van der Waals surface area contributed by atoms with Gasteiger partial charge in [-0.05, 0) is 61.6 Å². The highest BCUT2D eigenvalue weighted by Gasteiger charge is 2.17. The Morgan fingerprint density at radius 2 is 1.88 bits per heavy atom. The molecule has 2 fully saturated rings. The largest absolute Gasteiger partial charge is 0.497 e. The Labute approximate surface area is 189 Å². The van der Waals surface area contributed by atoms with Crippen LogP contribution in [0.2, 0.25) is 0 Å². The number of methoxy groups -OCH3 is 1. The number of nitrogens with one attached hydrogen (secondary N) is 1. The summed E-state index contributed by atoms with van der Waals surface area (Å²) in [5, 5.41) is 5.77. The predicted molar refractivity (Wildman–Crippen MR) is 129 cm³/mol. The van der Waals surface area contributed by atoms with Crippen molar-refractivity contribution in [2.24, 2.45) is 0 Å². The maximum absolute atomic E-state index is 5.58. The zero-order valence-corrected chi connectivity index (χ0v) is 18.7. The maximum Gasteiger partial charge on any atom is 0.223 e. The van der Waals surface area contributed by atoms with Gasteiger partial charge in [0.1, 0.15) is 5.75 Å². The maximum atomic E-state index is 5.58. The van der Waals surface area contributed by atoms with Crippen LogP contribution in [0.15, 0.2) is 42.6 Å². The molecular formula is C25H31N5O2. The molecule has 0 aliphatic carbocycles. The van der Waals surface area contributed by atoms with Crippen molar-refractivity contribution in [2.45, 2.75) is 12.8 Å². The van der Waals surface area contributed by atoms with Crippen LogP contribution in [0, 0.1) is 0 Å². The Kier molecular flexibility index (Phi) is 6.36. The van der Waals surface area contributed by atoms with E-state index in [1.807, 2.05) is 18.3 Å². The summed E-state index contributed by atoms with van der Waals surface area (Å²) < 4.78 is 11.1. The molecule has 5 rings (SSSR count). The van der Waals surface area contributed by atoms with E-state index < -0.39 is 0 Å². The molecule has 7 nitrogen and oxygen atoms in total. The highest BCUT2D eigenvalue weighted by atomic mass is 16.5. The molecule has 0 saturated carbocycles. The van der Waals surface area contributed by atoms with Crippen molar-refractivity contribution < 1.29 is 9.47 Å². The number of fused-ring (bicyclic) bond motifs is 1. The van der Waals surface area contributed by atoms with Gasteiger partial charge in [0.25, 0.3) is 0 Å². The average molecular weight is 434 g/mol. The molecule has 0 amide bonds. The predicted octanol–water partition coefficient (Wildman–Crippen LogP) is 3.65. The van der Waals surface area contributed by atoms with Gasteiger partial charge in [0.05, 0.1) is 26.0 Å². The molecule has 1 aromatic heterocycles. The minimum Gasteiger partial charge on any atom is -0.497 e. The molecule has 2 aliphatic heterocycles. The van der Waals surface area contributed by atoms with Crippen LogP contribution in [0.5, 0.6) is 5.75 Å². The van der Waals surface area contributed by atoms with Crippen molar-refractivity contribution in [3.05, 3.63) is 42.6 Å². The van der Waals surface area contributed by atoms with Crippen molar-refractivity contribution in [1.29, 1.82) is 0 Å². The first-order valence-electron chi connectivity index (χ1n) is 11.5. The lowest BCUT2D eigenvalue weighted by atomic mass is 10.0. The summed E-state index contributed by atoms with van der Waals surface area (Å²) >= 11 is 0. The lowest BCUT2D eigenvalue weighted by Crippen LogP contribution is -2.36. The van der Waals surface area contributed by atoms with E-state index in [9.17, 15) is 0 Å². The molecule has 2 aliphatic rings. The van der Waals surface area contributed by atoms with Crippen LogP contribution >= 0.6 is 0 Å². The number of morpholine rings is 1. The van der Waals surface area contributed by atoms with Gasteiger partial charge in [-0.3, -0.25) is 0 Å². The van der Waals surface area contributed by atoms with E-state index in [-0.39, 0.29) is 0 Å². The fraction of sp³-hybridized carbons (Fsp3) is 0.440. The van der Waals surface area contributed by atoms with E-state index >= 15 is 0 Å². The molecule has 7 heteroatoms. The molecule has 2 aromatic carbocycles. The molecule has 0 bridgehead atoms. The van der Waals surface area contributed by atoms with E-state index in [4.69, 9.17) is 14.5 Å². The fourth-order valence-electron chi connectivity index (χ4n) is 4.59. The molecule has 3 aromatic rings. The van der Waals surface area contributed by atoms with Crippen LogP contribution in [-0.4, -0.2) is 74.5 Å². The van der Waals surface area contributed by atoms with E-state index in [1.54, 1.807) is 7.11 Å². The summed E-state index contributed by atoms with van der Waals surface area (Å²) in [6, 6.07) is 12.7. The Hall–Kier alpha value is -2.90. The number of ether oxygens (including phenoxy) is 2. The first-order chi connectivity index (χ1) is 15.8. The molecule has 0 atom stereocenters. The standard InChI is InChI=1S/C25H31N5O2/c1-31-21-5-4-19-16-20(17-24(22(19)18-21)30-12-14-32-15-13-30)23-6-7-26-25(28-23)27-8-11-29-9-2-3-10-29/h4-7,16-18H,2-3,8-15H2,1H3,(H,26,27,28). The third-order valence-corrected chi connectivity index (χ3v) is 6.35. The van der Waals surface area contributed by atoms with Gasteiger partial charge in [-0.2, -0.15) is 0 Å². The second-order valence-corrected chi connectivity index (χ2v) is 8.42. The first kappa shape index (κ1) is 21.0. The van der Waals surface area contributed by atoms with E-state index in [2.05, 4.69) is 44.4 Å². The number of rotatable bonds is 7. The van der Waals surface area contributed by atoms with E-state index in [1.165, 1.54) is 42.4 Å². The van der Waals surface area contributed by atoms with Gasteiger partial charge in [-0.15, -0.1) is 0 Å². The number of hydrogen-bond acceptors (Lipinski definition) is 7. The van der Waals surface area contributed by atoms with Crippen LogP contribution in [0.25, 0.3) is 22.0 Å². The van der Waals surface area contributed by atoms with Crippen molar-refractivity contribution in [3.63, 3.8) is 0 Å². The van der Waals surface area contributed by atoms with Crippen LogP contribution < -0.4 is 15.0 Å². The summed E-state index contributed by atoms with van der Waals surface area (Å²) in [7, 11) is 1.71. The molecule has 1 N–H and O–H groups in total. The summed E-state index contributed by atoms with van der Waals surface area (Å²) in [6.45, 7) is 7.55. The van der Waals surface area contributed by atoms with Crippen molar-refractivity contribution >= 4 is 22.4 Å². The second kappa shape index (κ2) is 9.71. The Morgan fingerprint density at radius 3 is 2.69 bits per heavy atom. The Bertz CT molecular complexity index is 1060. The van der Waals surface area contributed by atoms with Crippen molar-refractivity contribution in [2.75, 3.05) is 69.8 Å². The van der Waals surface area contributed by atoms with Crippen molar-refractivity contribution in [3.8, 4) is 17.0 Å². The molecule has 32 heavy (non-hydrogen) atoms. The number of hydrogen-bond donors (Lipinski definition) is 1. The SMILES string of the molecule is COc1ccc2cc(-c3ccnc(NCCN4CCCC4)n3)cc(N3CCOCC3)c2c1. The Morgan fingerprint density at radius 1 is 1.03 bits per heavy atom. The summed E-state index contributed by atoms with van der Waals surface area (Å²) in [6.07, 6.45) is 4.46. The van der Waals surface area contributed by atoms with Crippen molar-refractivity contribution in [1.82, 2.24) is 14.9 Å². The number of benzene rings is 2. The summed E-state index contributed by atoms with van der Waals surface area (Å²) in [5.74, 6) is 1.55. The number of likely N-dealkylation sites (tertiary alicyclic amines) is 1. The normalized spacial score (nSPS) is 17.1. The topological polar surface area (TPSA) is 62.8 Å². The molecule has 0 unspecified atom stereocenters. The average Bonchev–Trinajstić information content (AvgIpc) is 3.37. The highest BCUT2D eigenvalue weighted by molar-refractivity contribution is 5.98. The fourth-order valence-corrected chi connectivity index (χ4v) is 4.59. The molecule has 168 valence electrons. The minimum atomic E-state index is 0.685. The smallest absolute Gasteiger partial charge is 0.223 e. The number of aromatic nitrogens is 2. The third-order valence-electron chi connectivity index (χ3n) is 6.35. The van der Waals surface area contributed by atoms with Crippen LogP contribution in [-0.2, 0) is 4.74 Å². The van der Waals surface area contributed by atoms with Crippen LogP contribution in [0.3, 0.4) is 0 Å². The van der Waals surface area contributed by atoms with Gasteiger partial charge >= 0.3 is 0 Å². The van der Waals surface area contributed by atoms with Gasteiger partial charge in [-0.25, -0.2) is 9.97 Å². The van der Waals surface area contributed by atoms with Gasteiger partial charge in [0, 0.05) is 49.0 Å². The van der Waals surface area contributed by atoms with E-state index in [0.717, 1.165) is 56.4 Å². The third kappa shape index (κ3) is 4.64. The zero-order chi connectivity index (χ0) is 21.8.